The maximum absolute atomic E-state index is 13.5. The van der Waals surface area contributed by atoms with E-state index in [-0.39, 0.29) is 62.5 Å². The molecule has 1 atom stereocenters. The summed E-state index contributed by atoms with van der Waals surface area (Å²) in [5.41, 5.74) is -0.206. The Morgan fingerprint density at radius 2 is 1.51 bits per heavy atom. The Kier molecular flexibility index (Phi) is 7.15. The van der Waals surface area contributed by atoms with E-state index in [1.54, 1.807) is 48.5 Å². The molecule has 1 unspecified atom stereocenters. The van der Waals surface area contributed by atoms with E-state index in [2.05, 4.69) is 35.6 Å². The number of carbonyl (C=O) groups excluding carboxylic acids is 1. The van der Waals surface area contributed by atoms with Crippen LogP contribution < -0.4 is 4.74 Å². The molecule has 0 fully saturated rings. The quantitative estimate of drug-likeness (QED) is 0.0744. The lowest BCUT2D eigenvalue weighted by atomic mass is 9.76. The number of aromatic nitrogens is 2. The van der Waals surface area contributed by atoms with Gasteiger partial charge in [-0.25, -0.2) is 9.78 Å². The number of hydrogen-bond donors (Lipinski definition) is 4. The molecule has 4 N–H and O–H groups in total. The molecule has 2 aromatic heterocycles. The van der Waals surface area contributed by atoms with Gasteiger partial charge in [0.2, 0.25) is 0 Å². The molecule has 15 nitrogen and oxygen atoms in total. The monoisotopic (exact) mass is 679 g/mol. The molecular weight excluding hydrogens is 658 g/mol. The molecule has 15 heteroatoms. The highest BCUT2D eigenvalue weighted by atomic mass is 16.6. The normalized spacial score (nSPS) is 15.7. The second-order valence-electron chi connectivity index (χ2n) is 11.3. The molecule has 0 radical (unpaired) electrons. The Bertz CT molecular complexity index is 2490. The molecule has 1 spiro atoms. The Labute approximate surface area is 286 Å². The van der Waals surface area contributed by atoms with Crippen molar-refractivity contribution >= 4 is 34.5 Å². The van der Waals surface area contributed by atoms with Crippen LogP contribution in [0.25, 0.3) is 11.1 Å². The number of fused-ring (bicyclic) bond motifs is 6. The fourth-order valence-corrected chi connectivity index (χ4v) is 6.07. The minimum Gasteiger partial charge on any atom is -0.508 e. The smallest absolute Gasteiger partial charge is 0.340 e. The molecule has 248 valence electrons. The fourth-order valence-electron chi connectivity index (χ4n) is 6.07. The van der Waals surface area contributed by atoms with Gasteiger partial charge < -0.3 is 29.9 Å². The molecule has 8 rings (SSSR count). The van der Waals surface area contributed by atoms with Gasteiger partial charge >= 0.3 is 5.97 Å². The summed E-state index contributed by atoms with van der Waals surface area (Å²) in [7, 11) is 0. The number of azo groups is 2. The van der Waals surface area contributed by atoms with Crippen LogP contribution in [0.4, 0.5) is 28.6 Å². The van der Waals surface area contributed by atoms with E-state index in [4.69, 9.17) is 9.47 Å². The predicted octanol–water partition coefficient (Wildman–Crippen LogP) is 8.76. The first kappa shape index (κ1) is 30.8. The van der Waals surface area contributed by atoms with Gasteiger partial charge in [-0.05, 0) is 47.6 Å². The number of nitroso groups, excluding NO2 is 1. The van der Waals surface area contributed by atoms with Gasteiger partial charge in [0.15, 0.2) is 22.9 Å². The standard InChI is InChI=1S/C36H21N7O8/c44-20-8-9-23-30(12-20)50-34-24(36(23)22-6-2-1-5-21(22)35(48)51-36)13-27(41-42-31-7-3-4-10-38-31)33(47)32(34)18-11-19(17-37-16-18)39-40-25-14-26(43-49)29(46)15-28(25)45/h1-17,44-47H/b40-39+,42-41+. The maximum Gasteiger partial charge on any atom is 0.340 e. The molecule has 0 amide bonds. The first-order valence-electron chi connectivity index (χ1n) is 15.1. The maximum atomic E-state index is 13.5. The van der Waals surface area contributed by atoms with Gasteiger partial charge in [-0.2, -0.15) is 0 Å². The second-order valence-corrected chi connectivity index (χ2v) is 11.3. The van der Waals surface area contributed by atoms with Crippen LogP contribution in [0.2, 0.25) is 0 Å². The lowest BCUT2D eigenvalue weighted by Crippen LogP contribution is -2.33. The third kappa shape index (κ3) is 5.04. The van der Waals surface area contributed by atoms with Crippen LogP contribution in [-0.2, 0) is 10.3 Å². The number of carbonyl (C=O) groups is 1. The number of rotatable bonds is 6. The summed E-state index contributed by atoms with van der Waals surface area (Å²) in [6, 6.07) is 21.3. The minimum atomic E-state index is -1.60. The third-order valence-corrected chi connectivity index (χ3v) is 8.31. The van der Waals surface area contributed by atoms with Crippen molar-refractivity contribution in [1.29, 1.82) is 0 Å². The zero-order chi connectivity index (χ0) is 35.3. The van der Waals surface area contributed by atoms with Crippen LogP contribution in [0.5, 0.6) is 34.5 Å². The van der Waals surface area contributed by atoms with Gasteiger partial charge in [-0.3, -0.25) is 4.98 Å². The van der Waals surface area contributed by atoms with E-state index in [0.717, 1.165) is 12.1 Å². The summed E-state index contributed by atoms with van der Waals surface area (Å²) in [4.78, 5) is 33.0. The van der Waals surface area contributed by atoms with Crippen LogP contribution in [0.15, 0.2) is 129 Å². The van der Waals surface area contributed by atoms with E-state index in [1.165, 1.54) is 42.9 Å². The molecule has 4 heterocycles. The van der Waals surface area contributed by atoms with E-state index in [9.17, 15) is 30.1 Å². The van der Waals surface area contributed by atoms with Crippen molar-refractivity contribution in [3.05, 3.63) is 131 Å². The number of hydrogen-bond acceptors (Lipinski definition) is 15. The molecule has 51 heavy (non-hydrogen) atoms. The molecular formula is C36H21N7O8. The Morgan fingerprint density at radius 1 is 0.706 bits per heavy atom. The molecule has 0 saturated heterocycles. The van der Waals surface area contributed by atoms with Crippen LogP contribution in [-0.4, -0.2) is 36.4 Å². The van der Waals surface area contributed by atoms with E-state index >= 15 is 0 Å². The number of esters is 1. The summed E-state index contributed by atoms with van der Waals surface area (Å²) < 4.78 is 12.7. The van der Waals surface area contributed by atoms with E-state index < -0.39 is 28.8 Å². The topological polar surface area (TPSA) is 221 Å². The van der Waals surface area contributed by atoms with Crippen molar-refractivity contribution in [2.24, 2.45) is 25.6 Å². The van der Waals surface area contributed by atoms with Gasteiger partial charge in [0.05, 0.1) is 22.9 Å². The molecule has 2 aliphatic heterocycles. The molecule has 0 aliphatic carbocycles. The lowest BCUT2D eigenvalue weighted by molar-refractivity contribution is 0.0224. The summed E-state index contributed by atoms with van der Waals surface area (Å²) in [6.45, 7) is 0. The zero-order valence-corrected chi connectivity index (χ0v) is 25.9. The highest BCUT2D eigenvalue weighted by Crippen LogP contribution is 2.61. The van der Waals surface area contributed by atoms with Crippen molar-refractivity contribution in [2.45, 2.75) is 5.60 Å². The SMILES string of the molecule is O=Nc1cc(/N=N/c2cncc(-c3c(O)c(/N=N/c4ccccn4)cc4c3Oc3cc(O)ccc3C43OC(=O)c4ccccc43)c2)c(O)cc1O. The highest BCUT2D eigenvalue weighted by molar-refractivity contribution is 5.98. The molecule has 6 aromatic rings. The Morgan fingerprint density at radius 3 is 2.33 bits per heavy atom. The summed E-state index contributed by atoms with van der Waals surface area (Å²) in [6.07, 6.45) is 4.31. The fraction of sp³-hybridized carbons (Fsp3) is 0.0278. The Hall–Kier alpha value is -7.55. The van der Waals surface area contributed by atoms with Crippen molar-refractivity contribution in [3.63, 3.8) is 0 Å². The van der Waals surface area contributed by atoms with Crippen molar-refractivity contribution < 1.29 is 34.7 Å². The number of phenolic OH excluding ortho intramolecular Hbond substituents is 4. The number of aromatic hydroxyl groups is 4. The van der Waals surface area contributed by atoms with Gasteiger partial charge in [-0.1, -0.05) is 24.3 Å². The lowest BCUT2D eigenvalue weighted by Gasteiger charge is -2.37. The minimum absolute atomic E-state index is 0.0324. The first-order valence-corrected chi connectivity index (χ1v) is 15.1. The molecule has 0 bridgehead atoms. The average molecular weight is 680 g/mol. The van der Waals surface area contributed by atoms with Crippen LogP contribution in [0.1, 0.15) is 27.0 Å². The highest BCUT2D eigenvalue weighted by Gasteiger charge is 2.54. The van der Waals surface area contributed by atoms with Crippen LogP contribution in [0, 0.1) is 4.91 Å². The molecule has 4 aromatic carbocycles. The molecule has 0 saturated carbocycles. The van der Waals surface area contributed by atoms with Gasteiger partial charge in [0.25, 0.3) is 0 Å². The number of phenols is 4. The van der Waals surface area contributed by atoms with Crippen LogP contribution in [0.3, 0.4) is 0 Å². The summed E-state index contributed by atoms with van der Waals surface area (Å²) in [5, 5.41) is 61.8. The van der Waals surface area contributed by atoms with Gasteiger partial charge in [-0.15, -0.1) is 25.4 Å². The van der Waals surface area contributed by atoms with E-state index in [1.807, 2.05) is 0 Å². The van der Waals surface area contributed by atoms with Crippen molar-refractivity contribution in [2.75, 3.05) is 0 Å². The van der Waals surface area contributed by atoms with Crippen molar-refractivity contribution in [3.8, 4) is 45.6 Å². The average Bonchev–Trinajstić information content (AvgIpc) is 3.43. The number of nitrogens with zero attached hydrogens (tertiary/aromatic N) is 7. The number of pyridine rings is 2. The van der Waals surface area contributed by atoms with E-state index in [0.29, 0.717) is 16.7 Å². The van der Waals surface area contributed by atoms with Crippen LogP contribution >= 0.6 is 0 Å². The largest absolute Gasteiger partial charge is 0.508 e. The predicted molar refractivity (Wildman–Crippen MR) is 179 cm³/mol. The second kappa shape index (κ2) is 11.9. The van der Waals surface area contributed by atoms with Crippen molar-refractivity contribution in [1.82, 2.24) is 9.97 Å². The third-order valence-electron chi connectivity index (χ3n) is 8.31. The first-order chi connectivity index (χ1) is 24.8. The van der Waals surface area contributed by atoms with Gasteiger partial charge in [0, 0.05) is 47.3 Å². The Balaban J connectivity index is 1.36. The molecule has 2 aliphatic rings. The van der Waals surface area contributed by atoms with Gasteiger partial charge in [0.1, 0.15) is 45.8 Å². The number of benzene rings is 4. The zero-order valence-electron chi connectivity index (χ0n) is 25.9. The number of ether oxygens (including phenoxy) is 2. The summed E-state index contributed by atoms with van der Waals surface area (Å²) in [5.74, 6) is -1.63. The summed E-state index contributed by atoms with van der Waals surface area (Å²) >= 11 is 0.